The minimum Gasteiger partial charge on any atom is -0.399 e. The molecule has 2 heteroatoms. The van der Waals surface area contributed by atoms with Crippen molar-refractivity contribution in [2.24, 2.45) is 0 Å². The third-order valence-corrected chi connectivity index (χ3v) is 2.39. The van der Waals surface area contributed by atoms with E-state index in [1.54, 1.807) is 0 Å². The van der Waals surface area contributed by atoms with E-state index in [4.69, 9.17) is 5.73 Å². The smallest absolute Gasteiger partial charge is 0.175 e. The number of anilines is 1. The van der Waals surface area contributed by atoms with Gasteiger partial charge in [0.05, 0.1) is 0 Å². The van der Waals surface area contributed by atoms with Gasteiger partial charge in [-0.25, -0.2) is 0 Å². The molecule has 0 heterocycles. The molecular formula is C10H16BN. The van der Waals surface area contributed by atoms with Crippen LogP contribution >= 0.6 is 0 Å². The summed E-state index contributed by atoms with van der Waals surface area (Å²) in [5.74, 6) is 0. The van der Waals surface area contributed by atoms with Crippen LogP contribution in [0.3, 0.4) is 0 Å². The van der Waals surface area contributed by atoms with Crippen LogP contribution in [0.2, 0.25) is 12.6 Å². The average Bonchev–Trinajstić information content (AvgIpc) is 2.10. The van der Waals surface area contributed by atoms with Crippen molar-refractivity contribution in [3.05, 3.63) is 24.3 Å². The zero-order valence-electron chi connectivity index (χ0n) is 7.88. The van der Waals surface area contributed by atoms with E-state index in [9.17, 15) is 0 Å². The highest BCUT2D eigenvalue weighted by Gasteiger charge is 2.09. The Kier molecular flexibility index (Phi) is 3.21. The van der Waals surface area contributed by atoms with Crippen molar-refractivity contribution in [2.45, 2.75) is 26.5 Å². The maximum atomic E-state index is 5.61. The highest BCUT2D eigenvalue weighted by atomic mass is 14.5. The van der Waals surface area contributed by atoms with Gasteiger partial charge in [0, 0.05) is 5.69 Å². The Balaban J connectivity index is 2.80. The second-order valence-electron chi connectivity index (χ2n) is 3.18. The Labute approximate surface area is 75.1 Å². The quantitative estimate of drug-likeness (QED) is 0.532. The molecule has 0 saturated heterocycles. The van der Waals surface area contributed by atoms with Crippen molar-refractivity contribution in [1.82, 2.24) is 0 Å². The SMILES string of the molecule is CCB(CC)c1ccc(N)cc1. The van der Waals surface area contributed by atoms with Gasteiger partial charge in [-0.05, 0) is 12.1 Å². The Morgan fingerprint density at radius 2 is 1.58 bits per heavy atom. The molecule has 2 N–H and O–H groups in total. The lowest BCUT2D eigenvalue weighted by Gasteiger charge is -2.08. The fraction of sp³-hybridized carbons (Fsp3) is 0.400. The van der Waals surface area contributed by atoms with Gasteiger partial charge < -0.3 is 5.73 Å². The number of hydrogen-bond acceptors (Lipinski definition) is 1. The molecule has 1 aromatic carbocycles. The van der Waals surface area contributed by atoms with Gasteiger partial charge in [0.1, 0.15) is 0 Å². The Morgan fingerprint density at radius 1 is 1.08 bits per heavy atom. The lowest BCUT2D eigenvalue weighted by molar-refractivity contribution is 1.33. The fourth-order valence-corrected chi connectivity index (χ4v) is 1.53. The van der Waals surface area contributed by atoms with Crippen LogP contribution in [0.1, 0.15) is 13.8 Å². The molecule has 0 aliphatic rings. The Morgan fingerprint density at radius 3 is 2.00 bits per heavy atom. The molecule has 0 fully saturated rings. The normalized spacial score (nSPS) is 9.83. The van der Waals surface area contributed by atoms with E-state index in [2.05, 4.69) is 26.0 Å². The second-order valence-corrected chi connectivity index (χ2v) is 3.18. The van der Waals surface area contributed by atoms with Gasteiger partial charge in [0.25, 0.3) is 0 Å². The summed E-state index contributed by atoms with van der Waals surface area (Å²) in [5, 5.41) is 0. The summed E-state index contributed by atoms with van der Waals surface area (Å²) in [6.45, 7) is 5.15. The standard InChI is InChI=1S/C10H16BN/c1-3-11(4-2)9-5-7-10(12)8-6-9/h5-8H,3-4,12H2,1-2H3. The maximum absolute atomic E-state index is 5.61. The summed E-state index contributed by atoms with van der Waals surface area (Å²) < 4.78 is 0. The molecule has 1 aromatic rings. The van der Waals surface area contributed by atoms with Crippen molar-refractivity contribution < 1.29 is 0 Å². The zero-order valence-corrected chi connectivity index (χ0v) is 7.88. The highest BCUT2D eigenvalue weighted by molar-refractivity contribution is 6.73. The molecule has 0 radical (unpaired) electrons. The van der Waals surface area contributed by atoms with Crippen LogP contribution in [-0.2, 0) is 0 Å². The van der Waals surface area contributed by atoms with Crippen molar-refractivity contribution in [3.63, 3.8) is 0 Å². The highest BCUT2D eigenvalue weighted by Crippen LogP contribution is 2.02. The van der Waals surface area contributed by atoms with Crippen molar-refractivity contribution >= 4 is 17.9 Å². The van der Waals surface area contributed by atoms with Gasteiger partial charge >= 0.3 is 0 Å². The molecule has 0 aliphatic heterocycles. The molecule has 0 saturated carbocycles. The summed E-state index contributed by atoms with van der Waals surface area (Å²) in [5.41, 5.74) is 7.87. The van der Waals surface area contributed by atoms with Gasteiger partial charge in [-0.3, -0.25) is 0 Å². The Bertz CT molecular complexity index is 226. The van der Waals surface area contributed by atoms with E-state index >= 15 is 0 Å². The molecule has 0 spiro atoms. The molecule has 64 valence electrons. The summed E-state index contributed by atoms with van der Waals surface area (Å²) >= 11 is 0. The first-order chi connectivity index (χ1) is 5.77. The van der Waals surface area contributed by atoms with Crippen LogP contribution < -0.4 is 11.2 Å². The van der Waals surface area contributed by atoms with Crippen molar-refractivity contribution in [2.75, 3.05) is 5.73 Å². The number of benzene rings is 1. The molecule has 1 nitrogen and oxygen atoms in total. The number of hydrogen-bond donors (Lipinski definition) is 1. The van der Waals surface area contributed by atoms with E-state index in [-0.39, 0.29) is 0 Å². The molecular weight excluding hydrogens is 145 g/mol. The molecule has 12 heavy (non-hydrogen) atoms. The fourth-order valence-electron chi connectivity index (χ4n) is 1.53. The molecule has 0 bridgehead atoms. The predicted octanol–water partition coefficient (Wildman–Crippen LogP) is 2.01. The minimum atomic E-state index is 0.700. The van der Waals surface area contributed by atoms with Crippen LogP contribution in [0.15, 0.2) is 24.3 Å². The van der Waals surface area contributed by atoms with Gasteiger partial charge in [-0.1, -0.05) is 44.1 Å². The first-order valence-electron chi connectivity index (χ1n) is 4.63. The average molecular weight is 161 g/mol. The minimum absolute atomic E-state index is 0.700. The van der Waals surface area contributed by atoms with Crippen molar-refractivity contribution in [3.8, 4) is 0 Å². The van der Waals surface area contributed by atoms with Crippen LogP contribution in [0.25, 0.3) is 0 Å². The molecule has 0 amide bonds. The van der Waals surface area contributed by atoms with E-state index < -0.39 is 0 Å². The van der Waals surface area contributed by atoms with E-state index in [1.165, 1.54) is 18.1 Å². The number of nitrogen functional groups attached to an aromatic ring is 1. The first-order valence-corrected chi connectivity index (χ1v) is 4.63. The van der Waals surface area contributed by atoms with Gasteiger partial charge in [0.2, 0.25) is 0 Å². The lowest BCUT2D eigenvalue weighted by atomic mass is 9.41. The molecule has 0 aliphatic carbocycles. The summed E-state index contributed by atoms with van der Waals surface area (Å²) in [4.78, 5) is 0. The molecule has 0 atom stereocenters. The van der Waals surface area contributed by atoms with Gasteiger partial charge in [0.15, 0.2) is 6.71 Å². The Hall–Kier alpha value is -0.915. The third-order valence-electron chi connectivity index (χ3n) is 2.39. The van der Waals surface area contributed by atoms with Crippen LogP contribution in [0.5, 0.6) is 0 Å². The largest absolute Gasteiger partial charge is 0.399 e. The van der Waals surface area contributed by atoms with Crippen molar-refractivity contribution in [1.29, 1.82) is 0 Å². The number of nitrogens with two attached hydrogens (primary N) is 1. The topological polar surface area (TPSA) is 26.0 Å². The summed E-state index contributed by atoms with van der Waals surface area (Å²) in [6.07, 6.45) is 2.42. The summed E-state index contributed by atoms with van der Waals surface area (Å²) in [6, 6.07) is 8.22. The zero-order chi connectivity index (χ0) is 8.97. The second kappa shape index (κ2) is 4.20. The monoisotopic (exact) mass is 161 g/mol. The van der Waals surface area contributed by atoms with Gasteiger partial charge in [-0.2, -0.15) is 0 Å². The molecule has 1 rings (SSSR count). The lowest BCUT2D eigenvalue weighted by Crippen LogP contribution is -2.27. The predicted molar refractivity (Wildman–Crippen MR) is 57.2 cm³/mol. The maximum Gasteiger partial charge on any atom is 0.175 e. The molecule has 0 unspecified atom stereocenters. The van der Waals surface area contributed by atoms with Crippen LogP contribution in [-0.4, -0.2) is 6.71 Å². The van der Waals surface area contributed by atoms with Crippen LogP contribution in [0, 0.1) is 0 Å². The summed E-state index contributed by atoms with van der Waals surface area (Å²) in [7, 11) is 0. The van der Waals surface area contributed by atoms with Crippen LogP contribution in [0.4, 0.5) is 5.69 Å². The molecule has 0 aromatic heterocycles. The van der Waals surface area contributed by atoms with E-state index in [0.29, 0.717) is 6.71 Å². The van der Waals surface area contributed by atoms with E-state index in [1.807, 2.05) is 12.1 Å². The third kappa shape index (κ3) is 2.03. The first kappa shape index (κ1) is 9.18. The number of rotatable bonds is 3. The van der Waals surface area contributed by atoms with E-state index in [0.717, 1.165) is 5.69 Å². The van der Waals surface area contributed by atoms with Gasteiger partial charge in [-0.15, -0.1) is 0 Å².